The Morgan fingerprint density at radius 2 is 1.89 bits per heavy atom. The predicted octanol–water partition coefficient (Wildman–Crippen LogP) is 2.17. The van der Waals surface area contributed by atoms with Gasteiger partial charge in [0.1, 0.15) is 5.75 Å². The lowest BCUT2D eigenvalue weighted by Gasteiger charge is -2.07. The third-order valence-electron chi connectivity index (χ3n) is 2.49. The molecule has 0 aliphatic heterocycles. The smallest absolute Gasteiger partial charge is 0.308 e. The van der Waals surface area contributed by atoms with E-state index in [0.717, 1.165) is 11.6 Å². The number of hydrogen-bond donors (Lipinski definition) is 0. The molecule has 0 saturated carbocycles. The highest BCUT2D eigenvalue weighted by Crippen LogP contribution is 2.27. The highest BCUT2D eigenvalue weighted by Gasteiger charge is 2.10. The monoisotopic (exact) mass is 264 g/mol. The van der Waals surface area contributed by atoms with Crippen LogP contribution in [0.25, 0.3) is 10.8 Å². The van der Waals surface area contributed by atoms with E-state index in [-0.39, 0.29) is 4.90 Å². The molecule has 0 aliphatic rings. The Hall–Kier alpha value is -1.88. The topological polar surface area (TPSA) is 60.4 Å². The average molecular weight is 264 g/mol. The van der Waals surface area contributed by atoms with E-state index < -0.39 is 15.8 Å². The fourth-order valence-corrected chi connectivity index (χ4v) is 2.36. The van der Waals surface area contributed by atoms with Gasteiger partial charge in [0, 0.05) is 18.6 Å². The zero-order valence-corrected chi connectivity index (χ0v) is 10.8. The van der Waals surface area contributed by atoms with Gasteiger partial charge < -0.3 is 4.74 Å². The third-order valence-corrected chi connectivity index (χ3v) is 3.60. The van der Waals surface area contributed by atoms with Crippen LogP contribution in [0.1, 0.15) is 6.92 Å². The molecule has 0 aliphatic carbocycles. The lowest BCUT2D eigenvalue weighted by Crippen LogP contribution is -2.02. The Morgan fingerprint density at radius 1 is 1.17 bits per heavy atom. The Morgan fingerprint density at radius 3 is 2.50 bits per heavy atom. The van der Waals surface area contributed by atoms with Gasteiger partial charge in [-0.3, -0.25) is 4.79 Å². The van der Waals surface area contributed by atoms with E-state index in [0.29, 0.717) is 11.1 Å². The molecule has 0 unspecified atom stereocenters. The number of hydrogen-bond acceptors (Lipinski definition) is 4. The quantitative estimate of drug-likeness (QED) is 0.616. The van der Waals surface area contributed by atoms with Gasteiger partial charge in [0.2, 0.25) is 0 Å². The molecule has 2 aromatic rings. The molecule has 0 bridgehead atoms. The summed E-state index contributed by atoms with van der Waals surface area (Å²) in [5.74, 6) is 0.0229. The van der Waals surface area contributed by atoms with Crippen LogP contribution >= 0.6 is 0 Å². The normalized spacial score (nSPS) is 11.4. The van der Waals surface area contributed by atoms with Crippen LogP contribution in [0.5, 0.6) is 5.75 Å². The van der Waals surface area contributed by atoms with Crippen molar-refractivity contribution >= 4 is 26.6 Å². The van der Waals surface area contributed by atoms with Gasteiger partial charge >= 0.3 is 5.97 Å². The summed E-state index contributed by atoms with van der Waals surface area (Å²) in [6, 6.07) is 9.87. The molecule has 0 atom stereocenters. The van der Waals surface area contributed by atoms with Crippen molar-refractivity contribution in [2.24, 2.45) is 0 Å². The first-order chi connectivity index (χ1) is 8.38. The first-order valence-electron chi connectivity index (χ1n) is 5.29. The molecule has 2 rings (SSSR count). The van der Waals surface area contributed by atoms with Crippen molar-refractivity contribution in [2.45, 2.75) is 11.8 Å². The van der Waals surface area contributed by atoms with Crippen LogP contribution in [0.3, 0.4) is 0 Å². The van der Waals surface area contributed by atoms with Crippen LogP contribution in [0.4, 0.5) is 0 Å². The molecule has 0 N–H and O–H groups in total. The van der Waals surface area contributed by atoms with Crippen LogP contribution < -0.4 is 4.74 Å². The summed E-state index contributed by atoms with van der Waals surface area (Å²) in [5.41, 5.74) is 0. The average Bonchev–Trinajstić information content (AvgIpc) is 2.27. The minimum Gasteiger partial charge on any atom is -0.426 e. The molecule has 18 heavy (non-hydrogen) atoms. The van der Waals surface area contributed by atoms with Gasteiger partial charge in [-0.2, -0.15) is 0 Å². The van der Waals surface area contributed by atoms with Crippen molar-refractivity contribution in [3.8, 4) is 5.75 Å². The molecular weight excluding hydrogens is 252 g/mol. The Labute approximate surface area is 105 Å². The van der Waals surface area contributed by atoms with Crippen molar-refractivity contribution in [1.29, 1.82) is 0 Å². The van der Waals surface area contributed by atoms with E-state index in [1.54, 1.807) is 30.3 Å². The molecule has 0 radical (unpaired) electrons. The van der Waals surface area contributed by atoms with Crippen LogP contribution in [-0.4, -0.2) is 20.6 Å². The number of ether oxygens (including phenoxy) is 1. The van der Waals surface area contributed by atoms with Gasteiger partial charge in [-0.1, -0.05) is 12.1 Å². The van der Waals surface area contributed by atoms with Crippen molar-refractivity contribution < 1.29 is 17.9 Å². The number of esters is 1. The van der Waals surface area contributed by atoms with Crippen molar-refractivity contribution in [1.82, 2.24) is 0 Å². The van der Waals surface area contributed by atoms with E-state index in [1.165, 1.54) is 13.0 Å². The maximum absolute atomic E-state index is 11.5. The van der Waals surface area contributed by atoms with Crippen molar-refractivity contribution in [3.05, 3.63) is 36.4 Å². The molecule has 0 aromatic heterocycles. The molecule has 5 heteroatoms. The van der Waals surface area contributed by atoms with Gasteiger partial charge in [0.05, 0.1) is 4.90 Å². The first kappa shape index (κ1) is 12.6. The predicted molar refractivity (Wildman–Crippen MR) is 68.4 cm³/mol. The molecule has 0 spiro atoms. The lowest BCUT2D eigenvalue weighted by molar-refractivity contribution is -0.131. The molecule has 0 heterocycles. The van der Waals surface area contributed by atoms with Crippen LogP contribution in [-0.2, 0) is 14.6 Å². The molecule has 4 nitrogen and oxygen atoms in total. The van der Waals surface area contributed by atoms with E-state index in [2.05, 4.69) is 0 Å². The second kappa shape index (κ2) is 4.42. The van der Waals surface area contributed by atoms with E-state index in [9.17, 15) is 13.2 Å². The van der Waals surface area contributed by atoms with Crippen LogP contribution in [0.15, 0.2) is 41.3 Å². The zero-order valence-electron chi connectivity index (χ0n) is 10.0. The molecule has 94 valence electrons. The number of carbonyl (C=O) groups excluding carboxylic acids is 1. The summed E-state index contributed by atoms with van der Waals surface area (Å²) in [6.07, 6.45) is 1.16. The summed E-state index contributed by atoms with van der Waals surface area (Å²) in [7, 11) is -3.24. The second-order valence-electron chi connectivity index (χ2n) is 4.00. The number of carbonyl (C=O) groups is 1. The summed E-state index contributed by atoms with van der Waals surface area (Å²) in [4.78, 5) is 11.2. The molecule has 2 aromatic carbocycles. The Kier molecular flexibility index (Phi) is 3.09. The summed E-state index contributed by atoms with van der Waals surface area (Å²) < 4.78 is 28.0. The Balaban J connectivity index is 2.64. The molecular formula is C13H12O4S. The summed E-state index contributed by atoms with van der Waals surface area (Å²) in [5, 5.41) is 1.43. The van der Waals surface area contributed by atoms with Crippen LogP contribution in [0, 0.1) is 0 Å². The number of rotatable bonds is 2. The van der Waals surface area contributed by atoms with Crippen molar-refractivity contribution in [3.63, 3.8) is 0 Å². The highest BCUT2D eigenvalue weighted by atomic mass is 32.2. The van der Waals surface area contributed by atoms with Crippen molar-refractivity contribution in [2.75, 3.05) is 6.26 Å². The van der Waals surface area contributed by atoms with E-state index in [4.69, 9.17) is 4.74 Å². The van der Waals surface area contributed by atoms with Gasteiger partial charge in [0.15, 0.2) is 9.84 Å². The SMILES string of the molecule is CC(=O)Oc1cccc2cc(S(C)(=O)=O)ccc12. The largest absolute Gasteiger partial charge is 0.426 e. The van der Waals surface area contributed by atoms with Gasteiger partial charge in [-0.25, -0.2) is 8.42 Å². The fraction of sp³-hybridized carbons (Fsp3) is 0.154. The number of fused-ring (bicyclic) bond motifs is 1. The first-order valence-corrected chi connectivity index (χ1v) is 7.18. The lowest BCUT2D eigenvalue weighted by atomic mass is 10.1. The standard InChI is InChI=1S/C13H12O4S/c1-9(14)17-13-5-3-4-10-8-11(18(2,15)16)6-7-12(10)13/h3-8H,1-2H3. The maximum Gasteiger partial charge on any atom is 0.308 e. The highest BCUT2D eigenvalue weighted by molar-refractivity contribution is 7.90. The second-order valence-corrected chi connectivity index (χ2v) is 6.02. The van der Waals surface area contributed by atoms with Gasteiger partial charge in [-0.05, 0) is 29.7 Å². The molecule has 0 fully saturated rings. The van der Waals surface area contributed by atoms with Gasteiger partial charge in [-0.15, -0.1) is 0 Å². The van der Waals surface area contributed by atoms with Gasteiger partial charge in [0.25, 0.3) is 0 Å². The number of sulfone groups is 1. The summed E-state index contributed by atoms with van der Waals surface area (Å²) in [6.45, 7) is 1.32. The zero-order chi connectivity index (χ0) is 13.3. The van der Waals surface area contributed by atoms with Crippen LogP contribution in [0.2, 0.25) is 0 Å². The molecule has 0 saturated heterocycles. The van der Waals surface area contributed by atoms with E-state index in [1.807, 2.05) is 0 Å². The fourth-order valence-electron chi connectivity index (χ4n) is 1.71. The molecule has 0 amide bonds. The minimum absolute atomic E-state index is 0.245. The Bertz CT molecular complexity index is 717. The maximum atomic E-state index is 11.5. The van der Waals surface area contributed by atoms with E-state index >= 15 is 0 Å². The summed E-state index contributed by atoms with van der Waals surface area (Å²) >= 11 is 0. The minimum atomic E-state index is -3.24. The number of benzene rings is 2. The third kappa shape index (κ3) is 2.51.